The summed E-state index contributed by atoms with van der Waals surface area (Å²) in [6.45, 7) is 0. The number of halogens is 6. The van der Waals surface area contributed by atoms with Gasteiger partial charge in [-0.2, -0.15) is 31.4 Å². The molecule has 9 heteroatoms. The molecule has 0 aliphatic carbocycles. The maximum absolute atomic E-state index is 12.2. The van der Waals surface area contributed by atoms with E-state index in [1.54, 1.807) is 5.10 Å². The summed E-state index contributed by atoms with van der Waals surface area (Å²) in [5, 5.41) is 4.66. The molecule has 1 unspecified atom stereocenters. The Bertz CT molecular complexity index is 352. The van der Waals surface area contributed by atoms with E-state index in [2.05, 4.69) is 5.10 Å². The van der Waals surface area contributed by atoms with Crippen molar-refractivity contribution >= 4 is 0 Å². The summed E-state index contributed by atoms with van der Waals surface area (Å²) >= 11 is 0. The fourth-order valence-electron chi connectivity index (χ4n) is 1.06. The standard InChI is InChI=1S/C7H7F6N3/c8-6(9,10)4(14)1-3-2-15-16-5(3)7(11,12)13/h2,4H,1,14H2,(H,15,16). The fraction of sp³-hybridized carbons (Fsp3) is 0.571. The van der Waals surface area contributed by atoms with Gasteiger partial charge in [0.2, 0.25) is 0 Å². The SMILES string of the molecule is NC(Cc1cn[nH]c1C(F)(F)F)C(F)(F)F. The van der Waals surface area contributed by atoms with Crippen LogP contribution in [0.25, 0.3) is 0 Å². The van der Waals surface area contributed by atoms with Gasteiger partial charge >= 0.3 is 12.4 Å². The first-order valence-electron chi connectivity index (χ1n) is 4.04. The first-order chi connectivity index (χ1) is 7.12. The predicted molar refractivity (Wildman–Crippen MR) is 41.3 cm³/mol. The van der Waals surface area contributed by atoms with Crippen molar-refractivity contribution in [2.24, 2.45) is 5.73 Å². The summed E-state index contributed by atoms with van der Waals surface area (Å²) in [6.07, 6.45) is -9.78. The number of rotatable bonds is 2. The van der Waals surface area contributed by atoms with Crippen LogP contribution in [-0.2, 0) is 12.6 Å². The Morgan fingerprint density at radius 2 is 1.81 bits per heavy atom. The second-order valence-electron chi connectivity index (χ2n) is 3.12. The molecule has 0 bridgehead atoms. The number of nitrogens with zero attached hydrogens (tertiary/aromatic N) is 1. The molecule has 0 fully saturated rings. The molecule has 0 aliphatic heterocycles. The number of aromatic nitrogens is 2. The number of H-pyrrole nitrogens is 1. The quantitative estimate of drug-likeness (QED) is 0.784. The fourth-order valence-corrected chi connectivity index (χ4v) is 1.06. The lowest BCUT2D eigenvalue weighted by atomic mass is 10.1. The molecular weight excluding hydrogens is 240 g/mol. The van der Waals surface area contributed by atoms with Gasteiger partial charge in [-0.15, -0.1) is 0 Å². The van der Waals surface area contributed by atoms with E-state index in [-0.39, 0.29) is 0 Å². The molecule has 0 spiro atoms. The highest BCUT2D eigenvalue weighted by Crippen LogP contribution is 2.31. The van der Waals surface area contributed by atoms with Gasteiger partial charge in [0, 0.05) is 5.56 Å². The van der Waals surface area contributed by atoms with Gasteiger partial charge in [-0.25, -0.2) is 0 Å². The van der Waals surface area contributed by atoms with E-state index >= 15 is 0 Å². The van der Waals surface area contributed by atoms with E-state index in [4.69, 9.17) is 5.73 Å². The number of nitrogens with two attached hydrogens (primary N) is 1. The zero-order chi connectivity index (χ0) is 12.6. The van der Waals surface area contributed by atoms with Crippen molar-refractivity contribution in [1.29, 1.82) is 0 Å². The summed E-state index contributed by atoms with van der Waals surface area (Å²) in [4.78, 5) is 0. The Hall–Kier alpha value is -1.25. The summed E-state index contributed by atoms with van der Waals surface area (Å²) in [5.74, 6) is 0. The minimum atomic E-state index is -4.77. The van der Waals surface area contributed by atoms with Crippen molar-refractivity contribution in [1.82, 2.24) is 10.2 Å². The molecule has 1 aromatic rings. The monoisotopic (exact) mass is 247 g/mol. The Morgan fingerprint density at radius 1 is 1.25 bits per heavy atom. The van der Waals surface area contributed by atoms with E-state index in [9.17, 15) is 26.3 Å². The zero-order valence-electron chi connectivity index (χ0n) is 7.65. The summed E-state index contributed by atoms with van der Waals surface area (Å²) in [6, 6.07) is -2.34. The lowest BCUT2D eigenvalue weighted by Crippen LogP contribution is -2.39. The van der Waals surface area contributed by atoms with Crippen LogP contribution in [0.2, 0.25) is 0 Å². The molecule has 1 aromatic heterocycles. The predicted octanol–water partition coefficient (Wildman–Crippen LogP) is 1.86. The number of nitrogens with one attached hydrogen (secondary N) is 1. The number of hydrogen-bond donors (Lipinski definition) is 2. The van der Waals surface area contributed by atoms with E-state index in [0.717, 1.165) is 0 Å². The Kier molecular flexibility index (Phi) is 3.17. The van der Waals surface area contributed by atoms with Gasteiger partial charge in [-0.3, -0.25) is 5.10 Å². The van der Waals surface area contributed by atoms with Crippen molar-refractivity contribution in [3.8, 4) is 0 Å². The highest BCUT2D eigenvalue weighted by atomic mass is 19.4. The third-order valence-corrected chi connectivity index (χ3v) is 1.86. The molecule has 0 saturated heterocycles. The molecule has 0 aliphatic rings. The van der Waals surface area contributed by atoms with Gasteiger partial charge in [0.25, 0.3) is 0 Å². The number of aromatic amines is 1. The van der Waals surface area contributed by atoms with Crippen molar-refractivity contribution < 1.29 is 26.3 Å². The van der Waals surface area contributed by atoms with Crippen LogP contribution in [0, 0.1) is 0 Å². The molecule has 0 aromatic carbocycles. The van der Waals surface area contributed by atoms with Crippen LogP contribution in [0.3, 0.4) is 0 Å². The first-order valence-corrected chi connectivity index (χ1v) is 4.04. The van der Waals surface area contributed by atoms with E-state index in [0.29, 0.717) is 6.20 Å². The highest BCUT2D eigenvalue weighted by molar-refractivity contribution is 5.20. The highest BCUT2D eigenvalue weighted by Gasteiger charge is 2.40. The molecule has 3 nitrogen and oxygen atoms in total. The van der Waals surface area contributed by atoms with Crippen molar-refractivity contribution in [2.45, 2.75) is 24.8 Å². The van der Waals surface area contributed by atoms with Crippen LogP contribution in [0.15, 0.2) is 6.20 Å². The number of hydrogen-bond acceptors (Lipinski definition) is 2. The molecule has 16 heavy (non-hydrogen) atoms. The second-order valence-corrected chi connectivity index (χ2v) is 3.12. The molecular formula is C7H7F6N3. The Morgan fingerprint density at radius 3 is 2.25 bits per heavy atom. The molecule has 1 heterocycles. The van der Waals surface area contributed by atoms with Gasteiger partial charge in [-0.05, 0) is 6.42 Å². The van der Waals surface area contributed by atoms with Gasteiger partial charge in [0.1, 0.15) is 11.7 Å². The lowest BCUT2D eigenvalue weighted by molar-refractivity contribution is -0.150. The molecule has 3 N–H and O–H groups in total. The van der Waals surface area contributed by atoms with Crippen LogP contribution >= 0.6 is 0 Å². The summed E-state index contributed by atoms with van der Waals surface area (Å²) < 4.78 is 72.8. The molecule has 1 atom stereocenters. The summed E-state index contributed by atoms with van der Waals surface area (Å²) in [5.41, 5.74) is 2.82. The molecule has 0 saturated carbocycles. The Labute approximate surface area is 85.6 Å². The lowest BCUT2D eigenvalue weighted by Gasteiger charge is -2.15. The van der Waals surface area contributed by atoms with Crippen molar-refractivity contribution in [3.05, 3.63) is 17.5 Å². The van der Waals surface area contributed by atoms with Crippen LogP contribution in [0.4, 0.5) is 26.3 Å². The van der Waals surface area contributed by atoms with Crippen LogP contribution in [0.5, 0.6) is 0 Å². The van der Waals surface area contributed by atoms with Crippen LogP contribution in [0.1, 0.15) is 11.3 Å². The maximum Gasteiger partial charge on any atom is 0.433 e. The van der Waals surface area contributed by atoms with Crippen LogP contribution in [-0.4, -0.2) is 22.4 Å². The first kappa shape index (κ1) is 12.8. The smallest absolute Gasteiger partial charge is 0.320 e. The largest absolute Gasteiger partial charge is 0.433 e. The topological polar surface area (TPSA) is 54.7 Å². The maximum atomic E-state index is 12.2. The van der Waals surface area contributed by atoms with E-state index in [1.165, 1.54) is 0 Å². The normalized spacial score (nSPS) is 15.2. The zero-order valence-corrected chi connectivity index (χ0v) is 7.65. The van der Waals surface area contributed by atoms with Crippen LogP contribution < -0.4 is 5.73 Å². The second kappa shape index (κ2) is 3.96. The van der Waals surface area contributed by atoms with E-state index in [1.807, 2.05) is 0 Å². The van der Waals surface area contributed by atoms with Crippen molar-refractivity contribution in [3.63, 3.8) is 0 Å². The third kappa shape index (κ3) is 2.87. The average Bonchev–Trinajstić information content (AvgIpc) is 2.49. The molecule has 1 rings (SSSR count). The molecule has 0 radical (unpaired) electrons. The third-order valence-electron chi connectivity index (χ3n) is 1.86. The number of alkyl halides is 6. The molecule has 92 valence electrons. The minimum absolute atomic E-state index is 0.600. The Balaban J connectivity index is 2.87. The molecule has 0 amide bonds. The average molecular weight is 247 g/mol. The van der Waals surface area contributed by atoms with E-state index < -0.39 is 36.1 Å². The minimum Gasteiger partial charge on any atom is -0.320 e. The van der Waals surface area contributed by atoms with Gasteiger partial charge in [0.15, 0.2) is 0 Å². The van der Waals surface area contributed by atoms with Gasteiger partial charge in [-0.1, -0.05) is 0 Å². The van der Waals surface area contributed by atoms with Gasteiger partial charge in [0.05, 0.1) is 6.20 Å². The van der Waals surface area contributed by atoms with Crippen molar-refractivity contribution in [2.75, 3.05) is 0 Å². The summed E-state index contributed by atoms with van der Waals surface area (Å²) in [7, 11) is 0. The van der Waals surface area contributed by atoms with Gasteiger partial charge < -0.3 is 5.73 Å².